The molecule has 2 nitrogen and oxygen atoms in total. The van der Waals surface area contributed by atoms with Crippen molar-refractivity contribution in [2.75, 3.05) is 0 Å². The van der Waals surface area contributed by atoms with Gasteiger partial charge in [0.15, 0.2) is 0 Å². The van der Waals surface area contributed by atoms with Gasteiger partial charge in [-0.3, -0.25) is 0 Å². The lowest BCUT2D eigenvalue weighted by atomic mass is 9.85. The van der Waals surface area contributed by atoms with Gasteiger partial charge in [0.2, 0.25) is 0 Å². The highest BCUT2D eigenvalue weighted by Crippen LogP contribution is 2.46. The molecule has 1 heterocycles. The van der Waals surface area contributed by atoms with E-state index in [0.717, 1.165) is 16.0 Å². The van der Waals surface area contributed by atoms with Crippen molar-refractivity contribution in [3.05, 3.63) is 28.2 Å². The molecule has 0 amide bonds. The number of nitrogens with two attached hydrogens (primary N) is 1. The van der Waals surface area contributed by atoms with Crippen molar-refractivity contribution in [2.24, 2.45) is 16.6 Å². The third-order valence-corrected chi connectivity index (χ3v) is 4.03. The van der Waals surface area contributed by atoms with Gasteiger partial charge in [0.05, 0.1) is 5.69 Å². The van der Waals surface area contributed by atoms with Crippen LogP contribution < -0.4 is 5.73 Å². The molecular weight excluding hydrogens is 252 g/mol. The SMILES string of the molecule is NC1=Nc2cc(Br)ccc2C2CCCC12. The van der Waals surface area contributed by atoms with Crippen molar-refractivity contribution in [1.82, 2.24) is 0 Å². The van der Waals surface area contributed by atoms with E-state index in [0.29, 0.717) is 11.8 Å². The van der Waals surface area contributed by atoms with Crippen LogP contribution in [0.2, 0.25) is 0 Å². The number of fused-ring (bicyclic) bond motifs is 3. The maximum absolute atomic E-state index is 6.02. The number of halogens is 1. The first-order chi connectivity index (χ1) is 7.25. The highest BCUT2D eigenvalue weighted by atomic mass is 79.9. The minimum absolute atomic E-state index is 0.499. The standard InChI is InChI=1S/C12H13BrN2/c13-7-4-5-9-8-2-1-3-10(8)12(14)15-11(9)6-7/h4-6,8,10H,1-3H2,(H2,14,15). The first-order valence-corrected chi connectivity index (χ1v) is 6.18. The topological polar surface area (TPSA) is 38.4 Å². The number of hydrogen-bond donors (Lipinski definition) is 1. The van der Waals surface area contributed by atoms with Gasteiger partial charge in [0.25, 0.3) is 0 Å². The van der Waals surface area contributed by atoms with Crippen LogP contribution in [0, 0.1) is 5.92 Å². The van der Waals surface area contributed by atoms with Crippen LogP contribution in [0.1, 0.15) is 30.7 Å². The van der Waals surface area contributed by atoms with Gasteiger partial charge >= 0.3 is 0 Å². The second kappa shape index (κ2) is 3.34. The Bertz CT molecular complexity index is 439. The molecule has 1 aromatic carbocycles. The second-order valence-corrected chi connectivity index (χ2v) is 5.30. The Morgan fingerprint density at radius 2 is 2.07 bits per heavy atom. The summed E-state index contributed by atoms with van der Waals surface area (Å²) in [5.74, 6) is 1.95. The first kappa shape index (κ1) is 9.40. The molecule has 78 valence electrons. The largest absolute Gasteiger partial charge is 0.387 e. The maximum atomic E-state index is 6.02. The van der Waals surface area contributed by atoms with Gasteiger partial charge in [-0.2, -0.15) is 0 Å². The molecule has 0 aromatic heterocycles. The first-order valence-electron chi connectivity index (χ1n) is 5.39. The number of rotatable bonds is 0. The summed E-state index contributed by atoms with van der Waals surface area (Å²) in [5, 5.41) is 0. The normalized spacial score (nSPS) is 28.2. The van der Waals surface area contributed by atoms with Gasteiger partial charge in [0.1, 0.15) is 5.84 Å². The molecule has 0 saturated heterocycles. The second-order valence-electron chi connectivity index (χ2n) is 4.38. The summed E-state index contributed by atoms with van der Waals surface area (Å²) in [7, 11) is 0. The molecule has 0 spiro atoms. The summed E-state index contributed by atoms with van der Waals surface area (Å²) in [5.41, 5.74) is 8.46. The van der Waals surface area contributed by atoms with Crippen LogP contribution in [-0.2, 0) is 0 Å². The van der Waals surface area contributed by atoms with Crippen LogP contribution in [0.15, 0.2) is 27.7 Å². The minimum atomic E-state index is 0.499. The molecule has 1 aliphatic carbocycles. The Balaban J connectivity index is 2.16. The average molecular weight is 265 g/mol. The van der Waals surface area contributed by atoms with Crippen LogP contribution in [0.5, 0.6) is 0 Å². The summed E-state index contributed by atoms with van der Waals surface area (Å²) in [6.07, 6.45) is 3.74. The van der Waals surface area contributed by atoms with Crippen molar-refractivity contribution in [3.63, 3.8) is 0 Å². The van der Waals surface area contributed by atoms with E-state index in [1.165, 1.54) is 24.8 Å². The van der Waals surface area contributed by atoms with Gasteiger partial charge in [-0.15, -0.1) is 0 Å². The van der Waals surface area contributed by atoms with Crippen LogP contribution in [0.4, 0.5) is 5.69 Å². The highest BCUT2D eigenvalue weighted by Gasteiger charge is 2.35. The molecule has 1 fully saturated rings. The fraction of sp³-hybridized carbons (Fsp3) is 0.417. The van der Waals surface area contributed by atoms with Crippen LogP contribution in [-0.4, -0.2) is 5.84 Å². The zero-order valence-electron chi connectivity index (χ0n) is 8.41. The molecule has 0 radical (unpaired) electrons. The van der Waals surface area contributed by atoms with Crippen molar-refractivity contribution in [3.8, 4) is 0 Å². The Morgan fingerprint density at radius 3 is 2.93 bits per heavy atom. The molecule has 3 rings (SSSR count). The molecule has 0 bridgehead atoms. The van der Waals surface area contributed by atoms with Crippen LogP contribution >= 0.6 is 15.9 Å². The van der Waals surface area contributed by atoms with E-state index in [1.807, 2.05) is 0 Å². The van der Waals surface area contributed by atoms with Gasteiger partial charge in [-0.25, -0.2) is 4.99 Å². The Hall–Kier alpha value is -0.830. The average Bonchev–Trinajstić information content (AvgIpc) is 2.66. The maximum Gasteiger partial charge on any atom is 0.103 e. The summed E-state index contributed by atoms with van der Waals surface area (Å²) in [6.45, 7) is 0. The lowest BCUT2D eigenvalue weighted by molar-refractivity contribution is 0.610. The minimum Gasteiger partial charge on any atom is -0.387 e. The van der Waals surface area contributed by atoms with E-state index in [2.05, 4.69) is 39.1 Å². The Morgan fingerprint density at radius 1 is 1.27 bits per heavy atom. The smallest absolute Gasteiger partial charge is 0.103 e. The lowest BCUT2D eigenvalue weighted by Gasteiger charge is -2.26. The zero-order valence-corrected chi connectivity index (χ0v) is 10.00. The van der Waals surface area contributed by atoms with Crippen molar-refractivity contribution >= 4 is 27.5 Å². The number of benzene rings is 1. The van der Waals surface area contributed by atoms with Gasteiger partial charge in [-0.1, -0.05) is 28.4 Å². The van der Waals surface area contributed by atoms with Gasteiger partial charge in [0, 0.05) is 10.4 Å². The number of nitrogens with zero attached hydrogens (tertiary/aromatic N) is 1. The Kier molecular flexibility index (Phi) is 2.09. The zero-order chi connectivity index (χ0) is 10.4. The van der Waals surface area contributed by atoms with E-state index >= 15 is 0 Å². The van der Waals surface area contributed by atoms with Crippen LogP contribution in [0.25, 0.3) is 0 Å². The summed E-state index contributed by atoms with van der Waals surface area (Å²) in [6, 6.07) is 6.36. The number of aliphatic imine (C=N–C) groups is 1. The third-order valence-electron chi connectivity index (χ3n) is 3.54. The van der Waals surface area contributed by atoms with Gasteiger partial charge < -0.3 is 5.73 Å². The number of hydrogen-bond acceptors (Lipinski definition) is 2. The molecule has 1 saturated carbocycles. The fourth-order valence-corrected chi connectivity index (χ4v) is 3.18. The quantitative estimate of drug-likeness (QED) is 0.767. The van der Waals surface area contributed by atoms with Crippen molar-refractivity contribution in [1.29, 1.82) is 0 Å². The van der Waals surface area contributed by atoms with E-state index in [1.54, 1.807) is 0 Å². The predicted molar refractivity (Wildman–Crippen MR) is 65.5 cm³/mol. The molecule has 1 aromatic rings. The molecule has 2 atom stereocenters. The van der Waals surface area contributed by atoms with E-state index in [9.17, 15) is 0 Å². The van der Waals surface area contributed by atoms with Crippen molar-refractivity contribution in [2.45, 2.75) is 25.2 Å². The molecule has 1 aliphatic heterocycles. The fourth-order valence-electron chi connectivity index (χ4n) is 2.84. The summed E-state index contributed by atoms with van der Waals surface area (Å²) >= 11 is 3.47. The van der Waals surface area contributed by atoms with E-state index in [-0.39, 0.29) is 0 Å². The summed E-state index contributed by atoms with van der Waals surface area (Å²) in [4.78, 5) is 4.51. The Labute approximate surface area is 97.7 Å². The molecule has 2 aliphatic rings. The molecular formula is C12H13BrN2. The van der Waals surface area contributed by atoms with Gasteiger partial charge in [-0.05, 0) is 36.5 Å². The van der Waals surface area contributed by atoms with E-state index in [4.69, 9.17) is 5.73 Å². The van der Waals surface area contributed by atoms with E-state index < -0.39 is 0 Å². The highest BCUT2D eigenvalue weighted by molar-refractivity contribution is 9.10. The molecule has 15 heavy (non-hydrogen) atoms. The van der Waals surface area contributed by atoms with Crippen LogP contribution in [0.3, 0.4) is 0 Å². The van der Waals surface area contributed by atoms with Crippen molar-refractivity contribution < 1.29 is 0 Å². The molecule has 2 unspecified atom stereocenters. The monoisotopic (exact) mass is 264 g/mol. The summed E-state index contributed by atoms with van der Waals surface area (Å²) < 4.78 is 1.08. The number of amidine groups is 1. The molecule has 2 N–H and O–H groups in total. The third kappa shape index (κ3) is 1.41. The molecule has 3 heteroatoms. The lowest BCUT2D eigenvalue weighted by Crippen LogP contribution is -2.28. The predicted octanol–water partition coefficient (Wildman–Crippen LogP) is 3.34.